The van der Waals surface area contributed by atoms with E-state index in [1.807, 2.05) is 35.6 Å². The number of rotatable bonds is 3. The number of aromatic nitrogens is 3. The lowest BCUT2D eigenvalue weighted by molar-refractivity contribution is -0.117. The van der Waals surface area contributed by atoms with Gasteiger partial charge in [-0.3, -0.25) is 14.7 Å². The van der Waals surface area contributed by atoms with Gasteiger partial charge in [0.25, 0.3) is 0 Å². The van der Waals surface area contributed by atoms with E-state index in [-0.39, 0.29) is 5.91 Å². The molecule has 0 radical (unpaired) electrons. The summed E-state index contributed by atoms with van der Waals surface area (Å²) in [5.74, 6) is 0.623. The van der Waals surface area contributed by atoms with Gasteiger partial charge in [-0.05, 0) is 54.4 Å². The molecule has 0 unspecified atom stereocenters. The molecule has 2 aliphatic rings. The van der Waals surface area contributed by atoms with E-state index < -0.39 is 0 Å². The first-order chi connectivity index (χ1) is 16.1. The highest BCUT2D eigenvalue weighted by Gasteiger charge is 2.27. The molecule has 166 valence electrons. The summed E-state index contributed by atoms with van der Waals surface area (Å²) in [6.07, 6.45) is 6.37. The summed E-state index contributed by atoms with van der Waals surface area (Å²) in [5.41, 5.74) is 7.73. The molecule has 0 spiro atoms. The summed E-state index contributed by atoms with van der Waals surface area (Å²) in [4.78, 5) is 25.7. The first kappa shape index (κ1) is 20.1. The zero-order chi connectivity index (χ0) is 22.5. The van der Waals surface area contributed by atoms with E-state index in [4.69, 9.17) is 4.98 Å². The Morgan fingerprint density at radius 3 is 2.58 bits per heavy atom. The molecule has 6 heteroatoms. The summed E-state index contributed by atoms with van der Waals surface area (Å²) in [7, 11) is 2.16. The van der Waals surface area contributed by atoms with E-state index in [1.54, 1.807) is 0 Å². The number of pyridine rings is 2. The SMILES string of the molecule is C[C@@H]1CC(=O)N(c2ccc(-c3cncc(-c4ccnc5c4cc4n5CCN(C)C4)c3)cc2)C1. The summed E-state index contributed by atoms with van der Waals surface area (Å²) < 4.78 is 2.34. The van der Waals surface area contributed by atoms with Crippen LogP contribution in [0.4, 0.5) is 5.69 Å². The quantitative estimate of drug-likeness (QED) is 0.471. The molecule has 4 aromatic rings. The highest BCUT2D eigenvalue weighted by molar-refractivity contribution is 5.96. The average Bonchev–Trinajstić information content (AvgIpc) is 3.37. The van der Waals surface area contributed by atoms with Crippen molar-refractivity contribution in [3.63, 3.8) is 0 Å². The molecule has 3 aromatic heterocycles. The number of fused-ring (bicyclic) bond motifs is 3. The van der Waals surface area contributed by atoms with Crippen molar-refractivity contribution in [1.82, 2.24) is 19.4 Å². The molecular weight excluding hydrogens is 410 g/mol. The third-order valence-corrected chi connectivity index (χ3v) is 6.90. The van der Waals surface area contributed by atoms with Gasteiger partial charge in [0.2, 0.25) is 5.91 Å². The number of carbonyl (C=O) groups excluding carboxylic acids is 1. The van der Waals surface area contributed by atoms with Gasteiger partial charge in [-0.1, -0.05) is 19.1 Å². The van der Waals surface area contributed by atoms with Crippen LogP contribution >= 0.6 is 0 Å². The highest BCUT2D eigenvalue weighted by Crippen LogP contribution is 2.34. The van der Waals surface area contributed by atoms with Crippen LogP contribution in [0.1, 0.15) is 19.0 Å². The summed E-state index contributed by atoms with van der Waals surface area (Å²) >= 11 is 0. The van der Waals surface area contributed by atoms with Crippen molar-refractivity contribution in [2.45, 2.75) is 26.4 Å². The Kier molecular flexibility index (Phi) is 4.76. The number of anilines is 1. The van der Waals surface area contributed by atoms with E-state index in [1.165, 1.54) is 11.1 Å². The molecule has 1 atom stereocenters. The van der Waals surface area contributed by atoms with E-state index in [9.17, 15) is 4.79 Å². The lowest BCUT2D eigenvalue weighted by atomic mass is 10.0. The third-order valence-electron chi connectivity index (χ3n) is 6.90. The van der Waals surface area contributed by atoms with Crippen molar-refractivity contribution in [3.05, 3.63) is 66.7 Å². The molecular formula is C27H27N5O. The van der Waals surface area contributed by atoms with E-state index in [2.05, 4.69) is 58.8 Å². The van der Waals surface area contributed by atoms with Gasteiger partial charge >= 0.3 is 0 Å². The van der Waals surface area contributed by atoms with E-state index in [0.29, 0.717) is 12.3 Å². The Hall–Kier alpha value is -3.51. The van der Waals surface area contributed by atoms with Crippen LogP contribution in [0.25, 0.3) is 33.3 Å². The van der Waals surface area contributed by atoms with E-state index >= 15 is 0 Å². The van der Waals surface area contributed by atoms with Gasteiger partial charge in [0, 0.05) is 79.1 Å². The fourth-order valence-corrected chi connectivity index (χ4v) is 5.17. The molecule has 1 aromatic carbocycles. The maximum atomic E-state index is 12.2. The zero-order valence-electron chi connectivity index (χ0n) is 19.0. The first-order valence-corrected chi connectivity index (χ1v) is 11.6. The fourth-order valence-electron chi connectivity index (χ4n) is 5.17. The lowest BCUT2D eigenvalue weighted by Gasteiger charge is -2.24. The number of amides is 1. The molecule has 1 amide bonds. The zero-order valence-corrected chi connectivity index (χ0v) is 19.0. The summed E-state index contributed by atoms with van der Waals surface area (Å²) in [6.45, 7) is 5.87. The second-order valence-electron chi connectivity index (χ2n) is 9.44. The van der Waals surface area contributed by atoms with Gasteiger partial charge in [-0.25, -0.2) is 4.98 Å². The molecule has 1 saturated heterocycles. The highest BCUT2D eigenvalue weighted by atomic mass is 16.2. The van der Waals surface area contributed by atoms with Crippen molar-refractivity contribution >= 4 is 22.6 Å². The van der Waals surface area contributed by atoms with Crippen molar-refractivity contribution in [3.8, 4) is 22.3 Å². The lowest BCUT2D eigenvalue weighted by Crippen LogP contribution is -2.29. The Balaban J connectivity index is 1.35. The molecule has 2 aliphatic heterocycles. The molecule has 6 nitrogen and oxygen atoms in total. The van der Waals surface area contributed by atoms with Gasteiger partial charge in [0.15, 0.2) is 0 Å². The predicted octanol–water partition coefficient (Wildman–Crippen LogP) is 4.58. The Bertz CT molecular complexity index is 1360. The van der Waals surface area contributed by atoms with Crippen LogP contribution in [-0.4, -0.2) is 45.5 Å². The molecule has 0 aliphatic carbocycles. The van der Waals surface area contributed by atoms with Crippen LogP contribution in [0.15, 0.2) is 61.1 Å². The largest absolute Gasteiger partial charge is 0.327 e. The molecule has 5 heterocycles. The number of hydrogen-bond acceptors (Lipinski definition) is 4. The van der Waals surface area contributed by atoms with Crippen molar-refractivity contribution in [2.75, 3.05) is 25.0 Å². The van der Waals surface area contributed by atoms with Crippen LogP contribution in [0, 0.1) is 5.92 Å². The molecule has 6 rings (SSSR count). The van der Waals surface area contributed by atoms with Gasteiger partial charge < -0.3 is 9.47 Å². The number of benzene rings is 1. The predicted molar refractivity (Wildman–Crippen MR) is 131 cm³/mol. The van der Waals surface area contributed by atoms with Crippen LogP contribution < -0.4 is 4.90 Å². The normalized spacial score (nSPS) is 18.8. The second kappa shape index (κ2) is 7.81. The van der Waals surface area contributed by atoms with Crippen LogP contribution in [0.2, 0.25) is 0 Å². The van der Waals surface area contributed by atoms with Crippen molar-refractivity contribution in [2.24, 2.45) is 5.92 Å². The number of hydrogen-bond donors (Lipinski definition) is 0. The maximum Gasteiger partial charge on any atom is 0.227 e. The monoisotopic (exact) mass is 437 g/mol. The smallest absolute Gasteiger partial charge is 0.227 e. The van der Waals surface area contributed by atoms with E-state index in [0.717, 1.165) is 59.8 Å². The second-order valence-corrected chi connectivity index (χ2v) is 9.44. The van der Waals surface area contributed by atoms with Gasteiger partial charge in [0.05, 0.1) is 0 Å². The Morgan fingerprint density at radius 1 is 0.970 bits per heavy atom. The minimum atomic E-state index is 0.210. The average molecular weight is 438 g/mol. The minimum absolute atomic E-state index is 0.210. The van der Waals surface area contributed by atoms with Gasteiger partial charge in [0.1, 0.15) is 5.65 Å². The standard InChI is InChI=1S/C27H27N5O/c1-18-11-26(33)32(16-18)22-5-3-19(4-6-22)20-12-21(15-28-14-20)24-7-8-29-27-25(24)13-23-17-30(2)9-10-31(23)27/h3-8,12-15,18H,9-11,16-17H2,1-2H3/t18-/m1/s1. The van der Waals surface area contributed by atoms with Gasteiger partial charge in [-0.15, -0.1) is 0 Å². The maximum absolute atomic E-state index is 12.2. The van der Waals surface area contributed by atoms with Crippen molar-refractivity contribution < 1.29 is 4.79 Å². The molecule has 33 heavy (non-hydrogen) atoms. The van der Waals surface area contributed by atoms with Gasteiger partial charge in [-0.2, -0.15) is 0 Å². The number of nitrogens with zero attached hydrogens (tertiary/aromatic N) is 5. The summed E-state index contributed by atoms with van der Waals surface area (Å²) in [5, 5.41) is 1.18. The Labute approximate surface area is 193 Å². The number of likely N-dealkylation sites (N-methyl/N-ethyl adjacent to an activating group) is 1. The minimum Gasteiger partial charge on any atom is -0.327 e. The first-order valence-electron chi connectivity index (χ1n) is 11.6. The van der Waals surface area contributed by atoms with Crippen LogP contribution in [0.3, 0.4) is 0 Å². The van der Waals surface area contributed by atoms with Crippen LogP contribution in [0.5, 0.6) is 0 Å². The molecule has 0 N–H and O–H groups in total. The van der Waals surface area contributed by atoms with Crippen LogP contribution in [-0.2, 0) is 17.9 Å². The molecule has 0 bridgehead atoms. The third kappa shape index (κ3) is 3.51. The van der Waals surface area contributed by atoms with Crippen molar-refractivity contribution in [1.29, 1.82) is 0 Å². The molecule has 0 saturated carbocycles. The topological polar surface area (TPSA) is 54.3 Å². The fraction of sp³-hybridized carbons (Fsp3) is 0.296. The Morgan fingerprint density at radius 2 is 1.79 bits per heavy atom. The number of carbonyl (C=O) groups is 1. The molecule has 1 fully saturated rings. The summed E-state index contributed by atoms with van der Waals surface area (Å²) in [6, 6.07) is 14.8.